The van der Waals surface area contributed by atoms with Gasteiger partial charge in [-0.15, -0.1) is 0 Å². The molecule has 0 fully saturated rings. The average molecular weight is 261 g/mol. The van der Waals surface area contributed by atoms with Gasteiger partial charge in [0.05, 0.1) is 17.7 Å². The first-order valence-electron chi connectivity index (χ1n) is 4.52. The SMILES string of the molecule is Fc1cc2c(cc1Br)OCCCCO2. The van der Waals surface area contributed by atoms with Crippen molar-refractivity contribution in [2.24, 2.45) is 0 Å². The Morgan fingerprint density at radius 2 is 1.64 bits per heavy atom. The molecule has 0 spiro atoms. The molecular weight excluding hydrogens is 251 g/mol. The molecule has 1 aliphatic rings. The molecule has 0 N–H and O–H groups in total. The van der Waals surface area contributed by atoms with E-state index in [1.54, 1.807) is 6.07 Å². The second kappa shape index (κ2) is 4.17. The lowest BCUT2D eigenvalue weighted by atomic mass is 10.2. The molecule has 0 atom stereocenters. The minimum Gasteiger partial charge on any atom is -0.490 e. The highest BCUT2D eigenvalue weighted by molar-refractivity contribution is 9.10. The third kappa shape index (κ3) is 2.00. The summed E-state index contributed by atoms with van der Waals surface area (Å²) in [6.45, 7) is 1.28. The zero-order chi connectivity index (χ0) is 9.97. The maximum atomic E-state index is 13.2. The van der Waals surface area contributed by atoms with Crippen molar-refractivity contribution < 1.29 is 13.9 Å². The molecule has 2 nitrogen and oxygen atoms in total. The van der Waals surface area contributed by atoms with Gasteiger partial charge in [0.1, 0.15) is 5.82 Å². The lowest BCUT2D eigenvalue weighted by molar-refractivity contribution is 0.222. The van der Waals surface area contributed by atoms with Crippen molar-refractivity contribution in [3.63, 3.8) is 0 Å². The van der Waals surface area contributed by atoms with Gasteiger partial charge < -0.3 is 9.47 Å². The molecule has 76 valence electrons. The Bertz CT molecular complexity index is 308. The molecule has 4 heteroatoms. The third-order valence-corrected chi connectivity index (χ3v) is 2.65. The van der Waals surface area contributed by atoms with Crippen LogP contribution in [0.4, 0.5) is 4.39 Å². The van der Waals surface area contributed by atoms with Crippen molar-refractivity contribution in [2.45, 2.75) is 12.8 Å². The van der Waals surface area contributed by atoms with Crippen LogP contribution in [0.5, 0.6) is 11.5 Å². The minimum absolute atomic E-state index is 0.326. The minimum atomic E-state index is -0.326. The fraction of sp³-hybridized carbons (Fsp3) is 0.400. The standard InChI is InChI=1S/C10H10BrFO2/c11-7-5-9-10(6-8(7)12)14-4-2-1-3-13-9/h5-6H,1-4H2. The summed E-state index contributed by atoms with van der Waals surface area (Å²) in [6, 6.07) is 2.96. The van der Waals surface area contributed by atoms with E-state index in [9.17, 15) is 4.39 Å². The quantitative estimate of drug-likeness (QED) is 0.714. The predicted molar refractivity (Wildman–Crippen MR) is 54.3 cm³/mol. The van der Waals surface area contributed by atoms with E-state index in [1.807, 2.05) is 0 Å². The summed E-state index contributed by atoms with van der Waals surface area (Å²) in [4.78, 5) is 0. The van der Waals surface area contributed by atoms with E-state index in [-0.39, 0.29) is 5.82 Å². The number of ether oxygens (including phenoxy) is 2. The van der Waals surface area contributed by atoms with Crippen LogP contribution in [-0.4, -0.2) is 13.2 Å². The largest absolute Gasteiger partial charge is 0.490 e. The molecule has 1 heterocycles. The number of benzene rings is 1. The summed E-state index contributed by atoms with van der Waals surface area (Å²) in [5, 5.41) is 0. The lowest BCUT2D eigenvalue weighted by Gasteiger charge is -2.16. The molecule has 0 radical (unpaired) electrons. The van der Waals surface area contributed by atoms with E-state index in [4.69, 9.17) is 9.47 Å². The third-order valence-electron chi connectivity index (χ3n) is 2.04. The van der Waals surface area contributed by atoms with Crippen LogP contribution in [0.15, 0.2) is 16.6 Å². The Balaban J connectivity index is 2.35. The van der Waals surface area contributed by atoms with Crippen LogP contribution < -0.4 is 9.47 Å². The first kappa shape index (κ1) is 9.77. The van der Waals surface area contributed by atoms with E-state index in [1.165, 1.54) is 6.07 Å². The lowest BCUT2D eigenvalue weighted by Crippen LogP contribution is -2.08. The van der Waals surface area contributed by atoms with Gasteiger partial charge in [-0.1, -0.05) is 0 Å². The molecular formula is C10H10BrFO2. The van der Waals surface area contributed by atoms with Crippen molar-refractivity contribution in [3.8, 4) is 11.5 Å². The second-order valence-corrected chi connectivity index (χ2v) is 3.97. The zero-order valence-electron chi connectivity index (χ0n) is 7.56. The van der Waals surface area contributed by atoms with Crippen LogP contribution in [0.2, 0.25) is 0 Å². The first-order chi connectivity index (χ1) is 6.77. The van der Waals surface area contributed by atoms with Crippen LogP contribution in [0, 0.1) is 5.82 Å². The van der Waals surface area contributed by atoms with Crippen LogP contribution in [-0.2, 0) is 0 Å². The summed E-state index contributed by atoms with van der Waals surface area (Å²) in [6.07, 6.45) is 1.91. The molecule has 0 saturated heterocycles. The smallest absolute Gasteiger partial charge is 0.164 e. The highest BCUT2D eigenvalue weighted by Crippen LogP contribution is 2.33. The van der Waals surface area contributed by atoms with E-state index in [0.717, 1.165) is 12.8 Å². The predicted octanol–water partition coefficient (Wildman–Crippen LogP) is 3.14. The summed E-state index contributed by atoms with van der Waals surface area (Å²) in [5.41, 5.74) is 0. The van der Waals surface area contributed by atoms with E-state index in [2.05, 4.69) is 15.9 Å². The molecule has 0 bridgehead atoms. The number of hydrogen-bond acceptors (Lipinski definition) is 2. The van der Waals surface area contributed by atoms with Gasteiger partial charge in [-0.2, -0.15) is 0 Å². The molecule has 1 aromatic rings. The number of halogens is 2. The Labute approximate surface area is 90.1 Å². The first-order valence-corrected chi connectivity index (χ1v) is 5.31. The monoisotopic (exact) mass is 260 g/mol. The van der Waals surface area contributed by atoms with Gasteiger partial charge in [0, 0.05) is 12.1 Å². The van der Waals surface area contributed by atoms with E-state index < -0.39 is 0 Å². The highest BCUT2D eigenvalue weighted by Gasteiger charge is 2.12. The Kier molecular flexibility index (Phi) is 2.91. The summed E-state index contributed by atoms with van der Waals surface area (Å²) in [5.74, 6) is 0.774. The van der Waals surface area contributed by atoms with Gasteiger partial charge in [0.2, 0.25) is 0 Å². The fourth-order valence-electron chi connectivity index (χ4n) is 1.30. The molecule has 0 aromatic heterocycles. The topological polar surface area (TPSA) is 18.5 Å². The highest BCUT2D eigenvalue weighted by atomic mass is 79.9. The van der Waals surface area contributed by atoms with Gasteiger partial charge >= 0.3 is 0 Å². The molecule has 1 aromatic carbocycles. The number of fused-ring (bicyclic) bond motifs is 1. The Hall–Kier alpha value is -0.770. The maximum absolute atomic E-state index is 13.2. The Morgan fingerprint density at radius 3 is 2.29 bits per heavy atom. The molecule has 0 amide bonds. The maximum Gasteiger partial charge on any atom is 0.164 e. The second-order valence-electron chi connectivity index (χ2n) is 3.12. The van der Waals surface area contributed by atoms with E-state index in [0.29, 0.717) is 29.2 Å². The van der Waals surface area contributed by atoms with Gasteiger partial charge in [-0.3, -0.25) is 0 Å². The summed E-state index contributed by atoms with van der Waals surface area (Å²) in [7, 11) is 0. The summed E-state index contributed by atoms with van der Waals surface area (Å²) < 4.78 is 24.4. The molecule has 0 aliphatic carbocycles. The number of rotatable bonds is 0. The van der Waals surface area contributed by atoms with Gasteiger partial charge in [-0.05, 0) is 28.8 Å². The molecule has 0 unspecified atom stereocenters. The van der Waals surface area contributed by atoms with Crippen LogP contribution in [0.3, 0.4) is 0 Å². The van der Waals surface area contributed by atoms with Crippen molar-refractivity contribution in [2.75, 3.05) is 13.2 Å². The van der Waals surface area contributed by atoms with Gasteiger partial charge in [0.15, 0.2) is 11.5 Å². The zero-order valence-corrected chi connectivity index (χ0v) is 9.14. The molecule has 14 heavy (non-hydrogen) atoms. The molecule has 2 rings (SSSR count). The van der Waals surface area contributed by atoms with Gasteiger partial charge in [-0.25, -0.2) is 4.39 Å². The van der Waals surface area contributed by atoms with Crippen molar-refractivity contribution in [3.05, 3.63) is 22.4 Å². The molecule has 0 saturated carbocycles. The molecule has 1 aliphatic heterocycles. The fourth-order valence-corrected chi connectivity index (χ4v) is 1.63. The van der Waals surface area contributed by atoms with Crippen LogP contribution in [0.25, 0.3) is 0 Å². The number of hydrogen-bond donors (Lipinski definition) is 0. The van der Waals surface area contributed by atoms with Crippen molar-refractivity contribution >= 4 is 15.9 Å². The normalized spacial score (nSPS) is 15.9. The van der Waals surface area contributed by atoms with Crippen molar-refractivity contribution in [1.29, 1.82) is 0 Å². The van der Waals surface area contributed by atoms with Crippen LogP contribution in [0.1, 0.15) is 12.8 Å². The summed E-state index contributed by atoms with van der Waals surface area (Å²) >= 11 is 3.11. The average Bonchev–Trinajstić information content (AvgIpc) is 2.13. The van der Waals surface area contributed by atoms with Crippen molar-refractivity contribution in [1.82, 2.24) is 0 Å². The Morgan fingerprint density at radius 1 is 1.07 bits per heavy atom. The van der Waals surface area contributed by atoms with Gasteiger partial charge in [0.25, 0.3) is 0 Å². The van der Waals surface area contributed by atoms with Crippen LogP contribution >= 0.6 is 15.9 Å². The van der Waals surface area contributed by atoms with E-state index >= 15 is 0 Å².